The van der Waals surface area contributed by atoms with Gasteiger partial charge in [0.2, 0.25) is 0 Å². The van der Waals surface area contributed by atoms with Gasteiger partial charge in [-0.1, -0.05) is 11.6 Å². The van der Waals surface area contributed by atoms with Gasteiger partial charge in [-0.3, -0.25) is 0 Å². The molecule has 0 aliphatic rings. The zero-order valence-electron chi connectivity index (χ0n) is 6.09. The van der Waals surface area contributed by atoms with E-state index in [9.17, 15) is 0 Å². The monoisotopic (exact) mass is 129 g/mol. The maximum atomic E-state index is 9.06. The highest BCUT2D eigenvalue weighted by Crippen LogP contribution is 1.96. The second-order valence-electron chi connectivity index (χ2n) is 2.39. The lowest BCUT2D eigenvalue weighted by Crippen LogP contribution is -2.10. The third-order valence-electron chi connectivity index (χ3n) is 0.988. The Morgan fingerprint density at radius 2 is 2.22 bits per heavy atom. The van der Waals surface area contributed by atoms with Crippen LogP contribution >= 0.6 is 0 Å². The van der Waals surface area contributed by atoms with Crippen LogP contribution < -0.4 is 5.73 Å². The van der Waals surface area contributed by atoms with Crippen molar-refractivity contribution in [2.75, 3.05) is 6.54 Å². The van der Waals surface area contributed by atoms with Crippen molar-refractivity contribution < 1.29 is 5.11 Å². The minimum absolute atomic E-state index is 0.347. The Balaban J connectivity index is 3.49. The first-order valence-electron chi connectivity index (χ1n) is 3.20. The van der Waals surface area contributed by atoms with E-state index in [1.165, 1.54) is 0 Å². The van der Waals surface area contributed by atoms with Crippen molar-refractivity contribution in [1.82, 2.24) is 0 Å². The van der Waals surface area contributed by atoms with E-state index in [4.69, 9.17) is 10.8 Å². The van der Waals surface area contributed by atoms with E-state index in [1.54, 1.807) is 0 Å². The highest BCUT2D eigenvalue weighted by molar-refractivity contribution is 4.97. The standard InChI is InChI=1S/C7H15NO/c1-6(2)5-7(9)3-4-8/h5,7,9H,3-4,8H2,1-2H3. The van der Waals surface area contributed by atoms with Gasteiger partial charge in [0, 0.05) is 0 Å². The Labute approximate surface area is 56.4 Å². The molecule has 2 nitrogen and oxygen atoms in total. The van der Waals surface area contributed by atoms with E-state index in [1.807, 2.05) is 19.9 Å². The molecule has 1 unspecified atom stereocenters. The van der Waals surface area contributed by atoms with E-state index in [2.05, 4.69) is 0 Å². The molecule has 0 fully saturated rings. The topological polar surface area (TPSA) is 46.2 Å². The molecule has 0 spiro atoms. The lowest BCUT2D eigenvalue weighted by Gasteiger charge is -2.01. The first kappa shape index (κ1) is 8.66. The van der Waals surface area contributed by atoms with Crippen LogP contribution in [0.15, 0.2) is 11.6 Å². The molecule has 0 amide bonds. The van der Waals surface area contributed by atoms with Gasteiger partial charge in [0.25, 0.3) is 0 Å². The van der Waals surface area contributed by atoms with E-state index in [0.29, 0.717) is 13.0 Å². The fraction of sp³-hybridized carbons (Fsp3) is 0.714. The van der Waals surface area contributed by atoms with Crippen molar-refractivity contribution in [2.24, 2.45) is 5.73 Å². The van der Waals surface area contributed by atoms with Crippen molar-refractivity contribution in [3.63, 3.8) is 0 Å². The van der Waals surface area contributed by atoms with E-state index in [0.717, 1.165) is 5.57 Å². The number of rotatable bonds is 3. The number of hydrogen-bond acceptors (Lipinski definition) is 2. The summed E-state index contributed by atoms with van der Waals surface area (Å²) in [5, 5.41) is 9.06. The van der Waals surface area contributed by atoms with E-state index >= 15 is 0 Å². The Bertz CT molecular complexity index is 95.1. The summed E-state index contributed by atoms with van der Waals surface area (Å²) in [5.74, 6) is 0. The minimum Gasteiger partial charge on any atom is -0.389 e. The van der Waals surface area contributed by atoms with Crippen LogP contribution in [0.4, 0.5) is 0 Å². The van der Waals surface area contributed by atoms with Crippen LogP contribution in [0.1, 0.15) is 20.3 Å². The molecule has 0 aliphatic heterocycles. The third kappa shape index (κ3) is 5.53. The van der Waals surface area contributed by atoms with Crippen molar-refractivity contribution in [1.29, 1.82) is 0 Å². The number of hydrogen-bond donors (Lipinski definition) is 2. The van der Waals surface area contributed by atoms with Gasteiger partial charge in [-0.2, -0.15) is 0 Å². The molecule has 0 heterocycles. The summed E-state index contributed by atoms with van der Waals surface area (Å²) in [5.41, 5.74) is 6.35. The van der Waals surface area contributed by atoms with Gasteiger partial charge in [-0.05, 0) is 26.8 Å². The van der Waals surface area contributed by atoms with E-state index in [-0.39, 0.29) is 6.10 Å². The van der Waals surface area contributed by atoms with Crippen LogP contribution in [0.25, 0.3) is 0 Å². The molecule has 0 saturated heterocycles. The summed E-state index contributed by atoms with van der Waals surface area (Å²) < 4.78 is 0. The lowest BCUT2D eigenvalue weighted by atomic mass is 10.2. The van der Waals surface area contributed by atoms with Gasteiger partial charge < -0.3 is 10.8 Å². The molecule has 0 radical (unpaired) electrons. The van der Waals surface area contributed by atoms with Crippen LogP contribution in [0, 0.1) is 0 Å². The fourth-order valence-electron chi connectivity index (χ4n) is 0.639. The van der Waals surface area contributed by atoms with Crippen molar-refractivity contribution in [3.05, 3.63) is 11.6 Å². The molecule has 0 aromatic heterocycles. The first-order valence-corrected chi connectivity index (χ1v) is 3.20. The molecule has 0 aromatic rings. The summed E-state index contributed by atoms with van der Waals surface area (Å²) in [7, 11) is 0. The molecule has 1 atom stereocenters. The van der Waals surface area contributed by atoms with Crippen LogP contribution in [0.3, 0.4) is 0 Å². The largest absolute Gasteiger partial charge is 0.389 e. The van der Waals surface area contributed by atoms with Crippen LogP contribution in [0.5, 0.6) is 0 Å². The van der Waals surface area contributed by atoms with Crippen molar-refractivity contribution >= 4 is 0 Å². The van der Waals surface area contributed by atoms with Gasteiger partial charge in [-0.25, -0.2) is 0 Å². The quantitative estimate of drug-likeness (QED) is 0.550. The van der Waals surface area contributed by atoms with Crippen LogP contribution in [-0.2, 0) is 0 Å². The smallest absolute Gasteiger partial charge is 0.0735 e. The summed E-state index contributed by atoms with van der Waals surface area (Å²) >= 11 is 0. The average Bonchev–Trinajstić information content (AvgIpc) is 1.63. The Morgan fingerprint density at radius 3 is 2.56 bits per heavy atom. The zero-order valence-corrected chi connectivity index (χ0v) is 6.09. The molecule has 0 aliphatic carbocycles. The number of nitrogens with two attached hydrogens (primary N) is 1. The SMILES string of the molecule is CC(C)=CC(O)CCN. The molecular formula is C7H15NO. The molecule has 0 saturated carbocycles. The predicted molar refractivity (Wildman–Crippen MR) is 39.1 cm³/mol. The van der Waals surface area contributed by atoms with Crippen LogP contribution in [0.2, 0.25) is 0 Å². The Hall–Kier alpha value is -0.340. The molecule has 3 N–H and O–H groups in total. The second kappa shape index (κ2) is 4.53. The Kier molecular flexibility index (Phi) is 4.36. The van der Waals surface area contributed by atoms with Gasteiger partial charge in [0.05, 0.1) is 6.10 Å². The molecular weight excluding hydrogens is 114 g/mol. The molecule has 0 aromatic carbocycles. The Morgan fingerprint density at radius 1 is 1.67 bits per heavy atom. The van der Waals surface area contributed by atoms with E-state index < -0.39 is 0 Å². The molecule has 0 rings (SSSR count). The van der Waals surface area contributed by atoms with Gasteiger partial charge in [-0.15, -0.1) is 0 Å². The normalized spacial score (nSPS) is 12.9. The van der Waals surface area contributed by atoms with Crippen molar-refractivity contribution in [2.45, 2.75) is 26.4 Å². The molecule has 54 valence electrons. The van der Waals surface area contributed by atoms with Gasteiger partial charge in [0.1, 0.15) is 0 Å². The number of allylic oxidation sites excluding steroid dienone is 1. The van der Waals surface area contributed by atoms with Gasteiger partial charge in [0.15, 0.2) is 0 Å². The summed E-state index contributed by atoms with van der Waals surface area (Å²) in [6, 6.07) is 0. The highest BCUT2D eigenvalue weighted by atomic mass is 16.3. The maximum absolute atomic E-state index is 9.06. The third-order valence-corrected chi connectivity index (χ3v) is 0.988. The molecule has 9 heavy (non-hydrogen) atoms. The second-order valence-corrected chi connectivity index (χ2v) is 2.39. The molecule has 2 heteroatoms. The summed E-state index contributed by atoms with van der Waals surface area (Å²) in [6.07, 6.45) is 2.12. The predicted octanol–water partition coefficient (Wildman–Crippen LogP) is 0.662. The molecule has 0 bridgehead atoms. The summed E-state index contributed by atoms with van der Waals surface area (Å²) in [4.78, 5) is 0. The zero-order chi connectivity index (χ0) is 7.28. The lowest BCUT2D eigenvalue weighted by molar-refractivity contribution is 0.214. The summed E-state index contributed by atoms with van der Waals surface area (Å²) in [6.45, 7) is 4.46. The van der Waals surface area contributed by atoms with Gasteiger partial charge >= 0.3 is 0 Å². The average molecular weight is 129 g/mol. The highest BCUT2D eigenvalue weighted by Gasteiger charge is 1.95. The number of aliphatic hydroxyl groups excluding tert-OH is 1. The van der Waals surface area contributed by atoms with Crippen molar-refractivity contribution in [3.8, 4) is 0 Å². The number of aliphatic hydroxyl groups is 1. The first-order chi connectivity index (χ1) is 4.16. The van der Waals surface area contributed by atoms with Crippen LogP contribution in [-0.4, -0.2) is 17.8 Å². The maximum Gasteiger partial charge on any atom is 0.0735 e. The minimum atomic E-state index is -0.347. The fourth-order valence-corrected chi connectivity index (χ4v) is 0.639.